The molecule has 0 aliphatic carbocycles. The molecule has 0 saturated carbocycles. The number of nitrogens with zero attached hydrogens (tertiary/aromatic N) is 1. The third-order valence-corrected chi connectivity index (χ3v) is 5.09. The number of rotatable bonds is 3. The number of sulfonamides is 1. The summed E-state index contributed by atoms with van der Waals surface area (Å²) < 4.78 is 24.6. The maximum atomic E-state index is 12.1. The molecule has 2 rings (SSSR count). The van der Waals surface area contributed by atoms with Crippen molar-refractivity contribution in [2.75, 3.05) is 24.7 Å². The highest BCUT2D eigenvalue weighted by molar-refractivity contribution is 7.88. The Balaban J connectivity index is 1.94. The summed E-state index contributed by atoms with van der Waals surface area (Å²) in [4.78, 5) is 12.1. The SMILES string of the molecule is Cc1ccc(NC(=O)NC2CCCN(S(C)(=O)=O)C2)c(C)c1. The fraction of sp³-hybridized carbons (Fsp3) is 0.533. The predicted octanol–water partition coefficient (Wildman–Crippen LogP) is 1.85. The molecule has 6 nitrogen and oxygen atoms in total. The standard InChI is InChI=1S/C15H23N3O3S/c1-11-6-7-14(12(2)9-11)17-15(19)16-13-5-4-8-18(10-13)22(3,20)21/h6-7,9,13H,4-5,8,10H2,1-3H3,(H2,16,17,19). The summed E-state index contributed by atoms with van der Waals surface area (Å²) in [6.07, 6.45) is 2.74. The summed E-state index contributed by atoms with van der Waals surface area (Å²) in [5, 5.41) is 5.68. The van der Waals surface area contributed by atoms with E-state index in [1.165, 1.54) is 10.6 Å². The van der Waals surface area contributed by atoms with Crippen molar-refractivity contribution in [1.29, 1.82) is 0 Å². The zero-order valence-corrected chi connectivity index (χ0v) is 14.0. The Labute approximate surface area is 131 Å². The molecule has 1 atom stereocenters. The van der Waals surface area contributed by atoms with Crippen molar-refractivity contribution in [1.82, 2.24) is 9.62 Å². The third-order valence-electron chi connectivity index (χ3n) is 3.82. The van der Waals surface area contributed by atoms with Crippen molar-refractivity contribution >= 4 is 21.7 Å². The van der Waals surface area contributed by atoms with Crippen molar-refractivity contribution in [3.8, 4) is 0 Å². The van der Waals surface area contributed by atoms with Gasteiger partial charge in [0.05, 0.1) is 6.26 Å². The number of aryl methyl sites for hydroxylation is 2. The molecule has 2 N–H and O–H groups in total. The van der Waals surface area contributed by atoms with Gasteiger partial charge >= 0.3 is 6.03 Å². The summed E-state index contributed by atoms with van der Waals surface area (Å²) in [5.41, 5.74) is 2.90. The van der Waals surface area contributed by atoms with Crippen LogP contribution in [0.3, 0.4) is 0 Å². The van der Waals surface area contributed by atoms with Crippen molar-refractivity contribution < 1.29 is 13.2 Å². The third kappa shape index (κ3) is 4.45. The number of carbonyl (C=O) groups excluding carboxylic acids is 1. The lowest BCUT2D eigenvalue weighted by atomic mass is 10.1. The summed E-state index contributed by atoms with van der Waals surface area (Å²) in [5.74, 6) is 0. The van der Waals surface area contributed by atoms with Gasteiger partial charge in [-0.05, 0) is 38.3 Å². The summed E-state index contributed by atoms with van der Waals surface area (Å²) in [7, 11) is -3.20. The minimum Gasteiger partial charge on any atom is -0.334 e. The zero-order valence-electron chi connectivity index (χ0n) is 13.2. The van der Waals surface area contributed by atoms with E-state index >= 15 is 0 Å². The Morgan fingerprint density at radius 3 is 2.68 bits per heavy atom. The van der Waals surface area contributed by atoms with Crippen LogP contribution in [-0.2, 0) is 10.0 Å². The van der Waals surface area contributed by atoms with Gasteiger partial charge in [0.25, 0.3) is 0 Å². The van der Waals surface area contributed by atoms with Gasteiger partial charge in [0.15, 0.2) is 0 Å². The Hall–Kier alpha value is -1.60. The first kappa shape index (κ1) is 16.8. The molecule has 1 aromatic carbocycles. The Morgan fingerprint density at radius 1 is 1.32 bits per heavy atom. The fourth-order valence-corrected chi connectivity index (χ4v) is 3.57. The highest BCUT2D eigenvalue weighted by Gasteiger charge is 2.26. The zero-order chi connectivity index (χ0) is 16.3. The van der Waals surface area contributed by atoms with Gasteiger partial charge in [0.2, 0.25) is 10.0 Å². The minimum atomic E-state index is -3.20. The van der Waals surface area contributed by atoms with Crippen LogP contribution in [0.15, 0.2) is 18.2 Å². The smallest absolute Gasteiger partial charge is 0.319 e. The van der Waals surface area contributed by atoms with E-state index in [1.54, 1.807) is 0 Å². The summed E-state index contributed by atoms with van der Waals surface area (Å²) in [6.45, 7) is 4.79. The van der Waals surface area contributed by atoms with Crippen molar-refractivity contribution in [2.24, 2.45) is 0 Å². The van der Waals surface area contributed by atoms with Gasteiger partial charge < -0.3 is 10.6 Å². The molecule has 1 heterocycles. The second-order valence-electron chi connectivity index (χ2n) is 5.88. The van der Waals surface area contributed by atoms with Crippen LogP contribution in [0.1, 0.15) is 24.0 Å². The van der Waals surface area contributed by atoms with E-state index < -0.39 is 10.0 Å². The van der Waals surface area contributed by atoms with E-state index in [9.17, 15) is 13.2 Å². The second kappa shape index (κ2) is 6.66. The molecule has 2 amide bonds. The first-order chi connectivity index (χ1) is 10.3. The van der Waals surface area contributed by atoms with Gasteiger partial charge in [0.1, 0.15) is 0 Å². The van der Waals surface area contributed by atoms with Crippen LogP contribution >= 0.6 is 0 Å². The molecular formula is C15H23N3O3S. The Kier molecular flexibility index (Phi) is 5.08. The van der Waals surface area contributed by atoms with Gasteiger partial charge in [-0.15, -0.1) is 0 Å². The highest BCUT2D eigenvalue weighted by atomic mass is 32.2. The van der Waals surface area contributed by atoms with Gasteiger partial charge in [-0.2, -0.15) is 0 Å². The number of carbonyl (C=O) groups is 1. The lowest BCUT2D eigenvalue weighted by Crippen LogP contribution is -2.50. The normalized spacial score (nSPS) is 19.7. The van der Waals surface area contributed by atoms with Crippen molar-refractivity contribution in [3.63, 3.8) is 0 Å². The minimum absolute atomic E-state index is 0.158. The maximum absolute atomic E-state index is 12.1. The van der Waals surface area contributed by atoms with Gasteiger partial charge in [-0.3, -0.25) is 0 Å². The summed E-state index contributed by atoms with van der Waals surface area (Å²) in [6, 6.07) is 5.35. The molecule has 1 aliphatic rings. The van der Waals surface area contributed by atoms with E-state index in [-0.39, 0.29) is 12.1 Å². The largest absolute Gasteiger partial charge is 0.334 e. The molecule has 122 valence electrons. The van der Waals surface area contributed by atoms with Crippen LogP contribution in [0, 0.1) is 13.8 Å². The first-order valence-electron chi connectivity index (χ1n) is 7.35. The molecule has 1 aliphatic heterocycles. The van der Waals surface area contributed by atoms with Gasteiger partial charge in [-0.1, -0.05) is 17.7 Å². The number of hydrogen-bond acceptors (Lipinski definition) is 3. The molecule has 1 aromatic rings. The topological polar surface area (TPSA) is 78.5 Å². The van der Waals surface area contributed by atoms with E-state index in [1.807, 2.05) is 32.0 Å². The van der Waals surface area contributed by atoms with E-state index in [4.69, 9.17) is 0 Å². The number of benzene rings is 1. The molecule has 22 heavy (non-hydrogen) atoms. The maximum Gasteiger partial charge on any atom is 0.319 e. The molecule has 1 saturated heterocycles. The Morgan fingerprint density at radius 2 is 2.05 bits per heavy atom. The van der Waals surface area contributed by atoms with Crippen molar-refractivity contribution in [3.05, 3.63) is 29.3 Å². The van der Waals surface area contributed by atoms with Crippen LogP contribution in [0.4, 0.5) is 10.5 Å². The molecule has 1 unspecified atom stereocenters. The molecule has 1 fully saturated rings. The van der Waals surface area contributed by atoms with Crippen molar-refractivity contribution in [2.45, 2.75) is 32.7 Å². The lowest BCUT2D eigenvalue weighted by Gasteiger charge is -2.31. The number of nitrogens with one attached hydrogen (secondary N) is 2. The lowest BCUT2D eigenvalue weighted by molar-refractivity contribution is 0.236. The Bertz CT molecular complexity index is 658. The molecule has 0 spiro atoms. The number of piperidine rings is 1. The molecular weight excluding hydrogens is 302 g/mol. The van der Waals surface area contributed by atoms with E-state index in [0.29, 0.717) is 13.1 Å². The number of amides is 2. The molecule has 0 aromatic heterocycles. The van der Waals surface area contributed by atoms with Crippen LogP contribution in [0.2, 0.25) is 0 Å². The van der Waals surface area contributed by atoms with Gasteiger partial charge in [-0.25, -0.2) is 17.5 Å². The van der Waals surface area contributed by atoms with Crippen LogP contribution < -0.4 is 10.6 Å². The number of anilines is 1. The fourth-order valence-electron chi connectivity index (χ4n) is 2.66. The number of urea groups is 1. The second-order valence-corrected chi connectivity index (χ2v) is 7.86. The van der Waals surface area contributed by atoms with E-state index in [0.717, 1.165) is 29.7 Å². The average molecular weight is 325 g/mol. The summed E-state index contributed by atoms with van der Waals surface area (Å²) >= 11 is 0. The predicted molar refractivity (Wildman–Crippen MR) is 87.5 cm³/mol. The quantitative estimate of drug-likeness (QED) is 0.890. The van der Waals surface area contributed by atoms with Crippen LogP contribution in [0.5, 0.6) is 0 Å². The van der Waals surface area contributed by atoms with Crippen LogP contribution in [0.25, 0.3) is 0 Å². The molecule has 0 radical (unpaired) electrons. The molecule has 7 heteroatoms. The average Bonchev–Trinajstić information content (AvgIpc) is 2.41. The monoisotopic (exact) mass is 325 g/mol. The van der Waals surface area contributed by atoms with Crippen LogP contribution in [-0.4, -0.2) is 44.1 Å². The highest BCUT2D eigenvalue weighted by Crippen LogP contribution is 2.17. The van der Waals surface area contributed by atoms with E-state index in [2.05, 4.69) is 10.6 Å². The van der Waals surface area contributed by atoms with Gasteiger partial charge in [0, 0.05) is 24.8 Å². The molecule has 0 bridgehead atoms. The number of hydrogen-bond donors (Lipinski definition) is 2. The first-order valence-corrected chi connectivity index (χ1v) is 9.20.